The van der Waals surface area contributed by atoms with Gasteiger partial charge in [0.25, 0.3) is 10.0 Å². The third kappa shape index (κ3) is 4.30. The van der Waals surface area contributed by atoms with Crippen molar-refractivity contribution in [3.8, 4) is 0 Å². The van der Waals surface area contributed by atoms with E-state index in [4.69, 9.17) is 0 Å². The second-order valence-electron chi connectivity index (χ2n) is 8.51. The Balaban J connectivity index is 2.22. The summed E-state index contributed by atoms with van der Waals surface area (Å²) >= 11 is 0. The maximum atomic E-state index is 13.6. The number of hydrogen-bond acceptors (Lipinski definition) is 3. The number of anilines is 1. The van der Waals surface area contributed by atoms with E-state index in [1.165, 1.54) is 5.56 Å². The Kier molecular flexibility index (Phi) is 5.99. The first-order chi connectivity index (χ1) is 13.6. The van der Waals surface area contributed by atoms with Crippen LogP contribution in [-0.2, 0) is 10.0 Å². The molecule has 2 aromatic carbocycles. The van der Waals surface area contributed by atoms with Crippen LogP contribution in [0.3, 0.4) is 0 Å². The molecule has 0 spiro atoms. The summed E-state index contributed by atoms with van der Waals surface area (Å²) in [6.07, 6.45) is 3.32. The quantitative estimate of drug-likeness (QED) is 0.511. The number of nitrogens with one attached hydrogen (secondary N) is 1. The van der Waals surface area contributed by atoms with E-state index < -0.39 is 10.0 Å². The van der Waals surface area contributed by atoms with Crippen LogP contribution >= 0.6 is 0 Å². The maximum absolute atomic E-state index is 13.6. The number of nitrogens with zero attached hydrogens (tertiary/aromatic N) is 1. The minimum Gasteiger partial charge on any atom is -0.277 e. The molecule has 1 N–H and O–H groups in total. The normalized spacial score (nSPS) is 12.3. The first kappa shape index (κ1) is 21.3. The lowest BCUT2D eigenvalue weighted by atomic mass is 9.89. The van der Waals surface area contributed by atoms with Gasteiger partial charge in [0.1, 0.15) is 0 Å². The van der Waals surface area contributed by atoms with Gasteiger partial charge >= 0.3 is 0 Å². The van der Waals surface area contributed by atoms with Crippen LogP contribution in [0.15, 0.2) is 53.7 Å². The van der Waals surface area contributed by atoms with E-state index in [1.807, 2.05) is 52.0 Å². The summed E-state index contributed by atoms with van der Waals surface area (Å²) in [4.78, 5) is 4.62. The van der Waals surface area contributed by atoms with Gasteiger partial charge in [-0.1, -0.05) is 77.9 Å². The van der Waals surface area contributed by atoms with Crippen LogP contribution in [0.5, 0.6) is 0 Å². The largest absolute Gasteiger partial charge is 0.277 e. The molecule has 1 aromatic heterocycles. The van der Waals surface area contributed by atoms with Gasteiger partial charge in [0.05, 0.1) is 16.8 Å². The molecule has 0 saturated carbocycles. The Morgan fingerprint density at radius 2 is 1.41 bits per heavy atom. The minimum atomic E-state index is -3.79. The van der Waals surface area contributed by atoms with Crippen LogP contribution in [0, 0.1) is 0 Å². The smallest absolute Gasteiger partial charge is 0.262 e. The predicted molar refractivity (Wildman–Crippen MR) is 121 cm³/mol. The lowest BCUT2D eigenvalue weighted by molar-refractivity contribution is 0.595. The molecule has 0 aliphatic carbocycles. The second kappa shape index (κ2) is 8.15. The fourth-order valence-electron chi connectivity index (χ4n) is 3.59. The molecular formula is C24H30N2O2S. The first-order valence-electron chi connectivity index (χ1n) is 10.1. The summed E-state index contributed by atoms with van der Waals surface area (Å²) in [5.41, 5.74) is 3.39. The molecule has 0 unspecified atom stereocenters. The van der Waals surface area contributed by atoms with E-state index >= 15 is 0 Å². The fraction of sp³-hybridized carbons (Fsp3) is 0.375. The fourth-order valence-corrected chi connectivity index (χ4v) is 5.36. The van der Waals surface area contributed by atoms with Crippen molar-refractivity contribution < 1.29 is 8.42 Å². The van der Waals surface area contributed by atoms with Crippen LogP contribution in [0.1, 0.15) is 76.0 Å². The van der Waals surface area contributed by atoms with Crippen molar-refractivity contribution in [2.45, 2.75) is 64.2 Å². The first-order valence-corrected chi connectivity index (χ1v) is 11.6. The number of rotatable bonds is 6. The van der Waals surface area contributed by atoms with Gasteiger partial charge in [0, 0.05) is 17.0 Å². The van der Waals surface area contributed by atoms with Crippen molar-refractivity contribution in [3.05, 3.63) is 65.5 Å². The van der Waals surface area contributed by atoms with Crippen molar-refractivity contribution in [2.24, 2.45) is 0 Å². The van der Waals surface area contributed by atoms with Gasteiger partial charge in [-0.2, -0.15) is 0 Å². The number of sulfonamides is 1. The minimum absolute atomic E-state index is 0.0865. The highest BCUT2D eigenvalue weighted by molar-refractivity contribution is 7.92. The van der Waals surface area contributed by atoms with E-state index in [1.54, 1.807) is 12.4 Å². The average molecular weight is 411 g/mol. The third-order valence-corrected chi connectivity index (χ3v) is 6.76. The molecule has 3 rings (SSSR count). The lowest BCUT2D eigenvalue weighted by Gasteiger charge is -2.23. The van der Waals surface area contributed by atoms with Crippen molar-refractivity contribution in [1.82, 2.24) is 4.98 Å². The topological polar surface area (TPSA) is 59.1 Å². The third-order valence-electron chi connectivity index (χ3n) is 5.26. The molecule has 154 valence electrons. The molecule has 4 nitrogen and oxygen atoms in total. The molecule has 1 heterocycles. The summed E-state index contributed by atoms with van der Waals surface area (Å²) in [5, 5.41) is 1.73. The maximum Gasteiger partial charge on any atom is 0.262 e. The molecule has 0 amide bonds. The van der Waals surface area contributed by atoms with Crippen molar-refractivity contribution >= 4 is 26.5 Å². The molecule has 0 aliphatic rings. The summed E-state index contributed by atoms with van der Waals surface area (Å²) in [5.74, 6) is 0.504. The molecule has 0 saturated heterocycles. The van der Waals surface area contributed by atoms with Crippen LogP contribution in [0.2, 0.25) is 0 Å². The number of fused-ring (bicyclic) bond motifs is 1. The zero-order chi connectivity index (χ0) is 21.3. The summed E-state index contributed by atoms with van der Waals surface area (Å²) in [7, 11) is -3.79. The van der Waals surface area contributed by atoms with Gasteiger partial charge in [-0.15, -0.1) is 0 Å². The molecule has 0 atom stereocenters. The Morgan fingerprint density at radius 1 is 0.828 bits per heavy atom. The highest BCUT2D eigenvalue weighted by atomic mass is 32.2. The molecular weight excluding hydrogens is 380 g/mol. The Morgan fingerprint density at radius 3 is 1.97 bits per heavy atom. The molecule has 0 radical (unpaired) electrons. The highest BCUT2D eigenvalue weighted by Crippen LogP contribution is 2.36. The van der Waals surface area contributed by atoms with E-state index in [0.717, 1.165) is 21.9 Å². The summed E-state index contributed by atoms with van der Waals surface area (Å²) in [6, 6.07) is 11.8. The lowest BCUT2D eigenvalue weighted by Crippen LogP contribution is -2.19. The van der Waals surface area contributed by atoms with E-state index in [2.05, 4.69) is 35.7 Å². The molecule has 0 aliphatic heterocycles. The van der Waals surface area contributed by atoms with Gasteiger partial charge < -0.3 is 0 Å². The van der Waals surface area contributed by atoms with E-state index in [0.29, 0.717) is 16.5 Å². The van der Waals surface area contributed by atoms with Gasteiger partial charge in [-0.25, -0.2) is 8.42 Å². The molecule has 3 aromatic rings. The van der Waals surface area contributed by atoms with Crippen molar-refractivity contribution in [1.29, 1.82) is 0 Å². The number of aromatic nitrogens is 1. The van der Waals surface area contributed by atoms with Crippen LogP contribution in [0.4, 0.5) is 5.69 Å². The van der Waals surface area contributed by atoms with E-state index in [9.17, 15) is 8.42 Å². The van der Waals surface area contributed by atoms with Crippen LogP contribution < -0.4 is 4.72 Å². The van der Waals surface area contributed by atoms with Crippen LogP contribution in [-0.4, -0.2) is 13.4 Å². The van der Waals surface area contributed by atoms with E-state index in [-0.39, 0.29) is 11.8 Å². The molecule has 0 bridgehead atoms. The number of hydrogen-bond donors (Lipinski definition) is 1. The molecule has 0 fully saturated rings. The van der Waals surface area contributed by atoms with Gasteiger partial charge in [0.15, 0.2) is 0 Å². The zero-order valence-corrected chi connectivity index (χ0v) is 18.8. The van der Waals surface area contributed by atoms with Crippen LogP contribution in [0.25, 0.3) is 10.8 Å². The Hall–Kier alpha value is -2.40. The predicted octanol–water partition coefficient (Wildman–Crippen LogP) is 6.41. The number of benzene rings is 2. The summed E-state index contributed by atoms with van der Waals surface area (Å²) < 4.78 is 30.1. The van der Waals surface area contributed by atoms with Gasteiger partial charge in [-0.3, -0.25) is 9.71 Å². The molecule has 29 heavy (non-hydrogen) atoms. The monoisotopic (exact) mass is 410 g/mol. The summed E-state index contributed by atoms with van der Waals surface area (Å²) in [6.45, 7) is 12.4. The average Bonchev–Trinajstić information content (AvgIpc) is 2.66. The highest BCUT2D eigenvalue weighted by Gasteiger charge is 2.27. The van der Waals surface area contributed by atoms with Crippen molar-refractivity contribution in [2.75, 3.05) is 4.72 Å². The van der Waals surface area contributed by atoms with Crippen molar-refractivity contribution in [3.63, 3.8) is 0 Å². The Labute approximate surface area is 174 Å². The Bertz CT molecular complexity index is 1100. The standard InChI is InChI=1S/C24H30N2O2S/c1-15(2)19-11-21(16(3)4)24(22(12-19)17(5)6)29(27,28)26-23-14-25-13-18-9-7-8-10-20(18)23/h7-17,26H,1-6H3. The van der Waals surface area contributed by atoms with Gasteiger partial charge in [0.2, 0.25) is 0 Å². The SMILES string of the molecule is CC(C)c1cc(C(C)C)c(S(=O)(=O)Nc2cncc3ccccc23)c(C(C)C)c1. The van der Waals surface area contributed by atoms with Gasteiger partial charge in [-0.05, 0) is 34.4 Å². The zero-order valence-electron chi connectivity index (χ0n) is 18.0. The number of pyridine rings is 1. The second-order valence-corrected chi connectivity index (χ2v) is 10.1. The molecule has 5 heteroatoms.